The molecule has 8 heteroatoms. The van der Waals surface area contributed by atoms with Crippen molar-refractivity contribution in [2.45, 2.75) is 31.7 Å². The summed E-state index contributed by atoms with van der Waals surface area (Å²) in [7, 11) is -2.53. The number of nitrogens with one attached hydrogen (secondary N) is 1. The highest BCUT2D eigenvalue weighted by Crippen LogP contribution is 2.24. The Morgan fingerprint density at radius 2 is 1.88 bits per heavy atom. The van der Waals surface area contributed by atoms with E-state index in [0.29, 0.717) is 0 Å². The molecule has 0 radical (unpaired) electrons. The molecule has 24 heavy (non-hydrogen) atoms. The van der Waals surface area contributed by atoms with E-state index in [2.05, 4.69) is 5.32 Å². The minimum absolute atomic E-state index is 0.0924. The van der Waals surface area contributed by atoms with Gasteiger partial charge in [-0.3, -0.25) is 9.10 Å². The molecule has 0 bridgehead atoms. The normalized spacial score (nSPS) is 15.1. The monoisotopic (exact) mass is 354 g/mol. The van der Waals surface area contributed by atoms with Gasteiger partial charge in [0, 0.05) is 6.04 Å². The maximum absolute atomic E-state index is 12.2. The van der Waals surface area contributed by atoms with E-state index >= 15 is 0 Å². The molecule has 0 spiro atoms. The van der Waals surface area contributed by atoms with Gasteiger partial charge >= 0.3 is 5.97 Å². The third kappa shape index (κ3) is 4.47. The second kappa shape index (κ2) is 7.65. The van der Waals surface area contributed by atoms with E-state index in [-0.39, 0.29) is 29.7 Å². The number of esters is 1. The van der Waals surface area contributed by atoms with Crippen LogP contribution in [0.4, 0.5) is 5.69 Å². The van der Waals surface area contributed by atoms with Crippen molar-refractivity contribution in [3.8, 4) is 0 Å². The number of carbonyl (C=O) groups is 2. The largest absolute Gasteiger partial charge is 0.465 e. The van der Waals surface area contributed by atoms with Crippen LogP contribution in [0, 0.1) is 0 Å². The molecule has 0 aromatic heterocycles. The Morgan fingerprint density at radius 3 is 2.46 bits per heavy atom. The van der Waals surface area contributed by atoms with E-state index in [1.54, 1.807) is 12.1 Å². The highest BCUT2D eigenvalue weighted by Gasteiger charge is 2.27. The highest BCUT2D eigenvalue weighted by molar-refractivity contribution is 7.92. The van der Waals surface area contributed by atoms with E-state index in [9.17, 15) is 18.0 Å². The summed E-state index contributed by atoms with van der Waals surface area (Å²) in [6, 6.07) is 6.25. The van der Waals surface area contributed by atoms with Crippen LogP contribution < -0.4 is 9.62 Å². The molecule has 1 aromatic carbocycles. The maximum atomic E-state index is 12.2. The molecule has 1 saturated carbocycles. The van der Waals surface area contributed by atoms with Gasteiger partial charge < -0.3 is 10.1 Å². The number of nitrogens with zero attached hydrogens (tertiary/aromatic N) is 1. The van der Waals surface area contributed by atoms with E-state index in [4.69, 9.17) is 4.74 Å². The molecular weight excluding hydrogens is 332 g/mol. The summed E-state index contributed by atoms with van der Waals surface area (Å²) in [5.74, 6) is -1.04. The number of para-hydroxylation sites is 1. The first-order valence-electron chi connectivity index (χ1n) is 7.77. The smallest absolute Gasteiger partial charge is 0.340 e. The first-order chi connectivity index (χ1) is 11.3. The minimum atomic E-state index is -3.75. The standard InChI is InChI=1S/C16H22N2O5S/c1-23-16(20)13-9-5-6-10-14(13)18(24(2,21)22)11-15(19)17-12-7-3-4-8-12/h5-6,9-10,12H,3-4,7-8,11H2,1-2H3,(H,17,19). The fourth-order valence-electron chi connectivity index (χ4n) is 2.83. The summed E-state index contributed by atoms with van der Waals surface area (Å²) in [4.78, 5) is 24.1. The number of carbonyl (C=O) groups excluding carboxylic acids is 2. The number of rotatable bonds is 6. The van der Waals surface area contributed by atoms with Crippen LogP contribution in [0.1, 0.15) is 36.0 Å². The summed E-state index contributed by atoms with van der Waals surface area (Å²) >= 11 is 0. The van der Waals surface area contributed by atoms with Crippen molar-refractivity contribution in [1.82, 2.24) is 5.32 Å². The van der Waals surface area contributed by atoms with Crippen molar-refractivity contribution in [2.75, 3.05) is 24.2 Å². The number of hydrogen-bond donors (Lipinski definition) is 1. The fourth-order valence-corrected chi connectivity index (χ4v) is 3.70. The molecule has 0 saturated heterocycles. The zero-order chi connectivity index (χ0) is 17.7. The highest BCUT2D eigenvalue weighted by atomic mass is 32.2. The molecule has 0 aliphatic heterocycles. The first kappa shape index (κ1) is 18.3. The molecule has 1 fully saturated rings. The number of sulfonamides is 1. The molecule has 1 amide bonds. The zero-order valence-corrected chi connectivity index (χ0v) is 14.6. The Kier molecular flexibility index (Phi) is 5.82. The van der Waals surface area contributed by atoms with E-state index in [1.807, 2.05) is 0 Å². The van der Waals surface area contributed by atoms with Gasteiger partial charge in [0.05, 0.1) is 24.6 Å². The molecule has 2 rings (SSSR count). The topological polar surface area (TPSA) is 92.8 Å². The quantitative estimate of drug-likeness (QED) is 0.777. The summed E-state index contributed by atoms with van der Waals surface area (Å²) < 4.78 is 29.9. The van der Waals surface area contributed by atoms with E-state index in [1.165, 1.54) is 19.2 Å². The molecule has 0 atom stereocenters. The van der Waals surface area contributed by atoms with Gasteiger partial charge in [-0.2, -0.15) is 0 Å². The average molecular weight is 354 g/mol. The lowest BCUT2D eigenvalue weighted by Crippen LogP contribution is -2.43. The van der Waals surface area contributed by atoms with Crippen molar-refractivity contribution in [2.24, 2.45) is 0 Å². The SMILES string of the molecule is COC(=O)c1ccccc1N(CC(=O)NC1CCCC1)S(C)(=O)=O. The summed E-state index contributed by atoms with van der Waals surface area (Å²) in [6.45, 7) is -0.372. The Hall–Kier alpha value is -2.09. The lowest BCUT2D eigenvalue weighted by Gasteiger charge is -2.24. The summed E-state index contributed by atoms with van der Waals surface area (Å²) in [5.41, 5.74) is 0.229. The fraction of sp³-hybridized carbons (Fsp3) is 0.500. The van der Waals surface area contributed by atoms with Gasteiger partial charge in [0.1, 0.15) is 6.54 Å². The predicted octanol–water partition coefficient (Wildman–Crippen LogP) is 1.30. The van der Waals surface area contributed by atoms with Crippen LogP contribution in [0.25, 0.3) is 0 Å². The Morgan fingerprint density at radius 1 is 1.25 bits per heavy atom. The lowest BCUT2D eigenvalue weighted by molar-refractivity contribution is -0.120. The van der Waals surface area contributed by atoms with Crippen LogP contribution in [0.2, 0.25) is 0 Å². The van der Waals surface area contributed by atoms with Crippen molar-refractivity contribution < 1.29 is 22.7 Å². The van der Waals surface area contributed by atoms with Gasteiger partial charge in [-0.15, -0.1) is 0 Å². The van der Waals surface area contributed by atoms with Crippen LogP contribution in [0.3, 0.4) is 0 Å². The molecule has 132 valence electrons. The van der Waals surface area contributed by atoms with Crippen LogP contribution in [-0.4, -0.2) is 46.2 Å². The summed E-state index contributed by atoms with van der Waals surface area (Å²) in [5, 5.41) is 2.85. The summed E-state index contributed by atoms with van der Waals surface area (Å²) in [6.07, 6.45) is 4.94. The van der Waals surface area contributed by atoms with Gasteiger partial charge in [0.25, 0.3) is 0 Å². The van der Waals surface area contributed by atoms with Gasteiger partial charge in [-0.05, 0) is 25.0 Å². The Bertz CT molecular complexity index is 711. The lowest BCUT2D eigenvalue weighted by atomic mass is 10.2. The maximum Gasteiger partial charge on any atom is 0.340 e. The van der Waals surface area contributed by atoms with Gasteiger partial charge in [0.15, 0.2) is 0 Å². The second-order valence-corrected chi connectivity index (χ2v) is 7.73. The van der Waals surface area contributed by atoms with Crippen molar-refractivity contribution >= 4 is 27.6 Å². The average Bonchev–Trinajstić information content (AvgIpc) is 3.03. The molecule has 1 aliphatic rings. The second-order valence-electron chi connectivity index (χ2n) is 5.83. The van der Waals surface area contributed by atoms with Gasteiger partial charge in [-0.25, -0.2) is 13.2 Å². The molecule has 1 aliphatic carbocycles. The minimum Gasteiger partial charge on any atom is -0.465 e. The van der Waals surface area contributed by atoms with Crippen molar-refractivity contribution in [3.05, 3.63) is 29.8 Å². The Labute approximate surface area is 142 Å². The molecule has 0 heterocycles. The Balaban J connectivity index is 2.26. The zero-order valence-electron chi connectivity index (χ0n) is 13.8. The van der Waals surface area contributed by atoms with E-state index < -0.39 is 16.0 Å². The number of methoxy groups -OCH3 is 1. The number of amides is 1. The van der Waals surface area contributed by atoms with Crippen LogP contribution in [0.15, 0.2) is 24.3 Å². The first-order valence-corrected chi connectivity index (χ1v) is 9.62. The third-order valence-corrected chi connectivity index (χ3v) is 5.11. The van der Waals surface area contributed by atoms with Crippen LogP contribution in [0.5, 0.6) is 0 Å². The molecule has 7 nitrogen and oxygen atoms in total. The predicted molar refractivity (Wildman–Crippen MR) is 90.4 cm³/mol. The number of hydrogen-bond acceptors (Lipinski definition) is 5. The van der Waals surface area contributed by atoms with E-state index in [0.717, 1.165) is 36.2 Å². The van der Waals surface area contributed by atoms with Gasteiger partial charge in [-0.1, -0.05) is 25.0 Å². The van der Waals surface area contributed by atoms with Crippen molar-refractivity contribution in [3.63, 3.8) is 0 Å². The molecule has 1 N–H and O–H groups in total. The third-order valence-electron chi connectivity index (χ3n) is 3.99. The van der Waals surface area contributed by atoms with Crippen LogP contribution in [-0.2, 0) is 19.6 Å². The number of benzene rings is 1. The van der Waals surface area contributed by atoms with Crippen LogP contribution >= 0.6 is 0 Å². The molecule has 0 unspecified atom stereocenters. The number of ether oxygens (including phenoxy) is 1. The van der Waals surface area contributed by atoms with Gasteiger partial charge in [0.2, 0.25) is 15.9 Å². The van der Waals surface area contributed by atoms with Crippen molar-refractivity contribution in [1.29, 1.82) is 0 Å². The number of anilines is 1. The molecular formula is C16H22N2O5S. The molecule has 1 aromatic rings.